The van der Waals surface area contributed by atoms with Gasteiger partial charge in [0, 0.05) is 31.6 Å². The van der Waals surface area contributed by atoms with Crippen LogP contribution in [0.15, 0.2) is 71.1 Å². The minimum atomic E-state index is -0.206. The topological polar surface area (TPSA) is 63.9 Å². The van der Waals surface area contributed by atoms with Gasteiger partial charge >= 0.3 is 0 Å². The number of amides is 1. The molecule has 0 bridgehead atoms. The van der Waals surface area contributed by atoms with E-state index in [0.29, 0.717) is 18.1 Å². The van der Waals surface area contributed by atoms with Crippen LogP contribution in [-0.2, 0) is 16.8 Å². The van der Waals surface area contributed by atoms with Crippen LogP contribution in [0.1, 0.15) is 41.3 Å². The number of rotatable bonds is 9. The van der Waals surface area contributed by atoms with Crippen LogP contribution in [0.3, 0.4) is 0 Å². The molecule has 6 heteroatoms. The maximum atomic E-state index is 12.3. The summed E-state index contributed by atoms with van der Waals surface area (Å²) in [4.78, 5) is 14.6. The van der Waals surface area contributed by atoms with Gasteiger partial charge < -0.3 is 19.2 Å². The van der Waals surface area contributed by atoms with E-state index in [4.69, 9.17) is 13.9 Å². The number of nitrogens with zero attached hydrogens (tertiary/aromatic N) is 1. The minimum Gasteiger partial charge on any atom is -0.486 e. The van der Waals surface area contributed by atoms with Crippen molar-refractivity contribution in [3.8, 4) is 5.75 Å². The Kier molecular flexibility index (Phi) is 7.47. The minimum absolute atomic E-state index is 0.0924. The van der Waals surface area contributed by atoms with Gasteiger partial charge in [-0.15, -0.1) is 0 Å². The van der Waals surface area contributed by atoms with E-state index >= 15 is 0 Å². The highest BCUT2D eigenvalue weighted by Gasteiger charge is 2.22. The summed E-state index contributed by atoms with van der Waals surface area (Å²) >= 11 is 0. The third-order valence-electron chi connectivity index (χ3n) is 6.16. The summed E-state index contributed by atoms with van der Waals surface area (Å²) in [6.07, 6.45) is 0. The quantitative estimate of drug-likeness (QED) is 0.530. The number of nitrogens with one attached hydrogen (secondary N) is 1. The van der Waals surface area contributed by atoms with E-state index in [1.807, 2.05) is 18.2 Å². The molecule has 0 radical (unpaired) electrons. The second-order valence-corrected chi connectivity index (χ2v) is 8.78. The van der Waals surface area contributed by atoms with Crippen molar-refractivity contribution in [3.05, 3.63) is 89.4 Å². The van der Waals surface area contributed by atoms with E-state index in [-0.39, 0.29) is 17.9 Å². The molecule has 1 aromatic heterocycles. The zero-order valence-electron chi connectivity index (χ0n) is 19.4. The SMILES string of the molecule is CC(C)(c1ccccc1)c1ccc(OCc2ccc(C(=O)NCCN3CCOCC3)o2)cc1. The molecule has 33 heavy (non-hydrogen) atoms. The Bertz CT molecular complexity index is 1020. The van der Waals surface area contributed by atoms with Crippen LogP contribution in [0.4, 0.5) is 0 Å². The smallest absolute Gasteiger partial charge is 0.287 e. The number of morpholine rings is 1. The van der Waals surface area contributed by atoms with Gasteiger partial charge in [-0.05, 0) is 35.4 Å². The lowest BCUT2D eigenvalue weighted by molar-refractivity contribution is 0.0382. The number of furan rings is 1. The Morgan fingerprint density at radius 3 is 2.39 bits per heavy atom. The van der Waals surface area contributed by atoms with Crippen molar-refractivity contribution >= 4 is 5.91 Å². The maximum absolute atomic E-state index is 12.3. The third-order valence-corrected chi connectivity index (χ3v) is 6.16. The van der Waals surface area contributed by atoms with Crippen LogP contribution >= 0.6 is 0 Å². The first-order valence-electron chi connectivity index (χ1n) is 11.5. The second kappa shape index (κ2) is 10.7. The summed E-state index contributed by atoms with van der Waals surface area (Å²) in [7, 11) is 0. The normalized spacial score (nSPS) is 14.7. The molecule has 1 N–H and O–H groups in total. The number of hydrogen-bond donors (Lipinski definition) is 1. The highest BCUT2D eigenvalue weighted by atomic mass is 16.5. The lowest BCUT2D eigenvalue weighted by atomic mass is 9.78. The zero-order chi connectivity index (χ0) is 23.1. The van der Waals surface area contributed by atoms with Gasteiger partial charge in [0.05, 0.1) is 13.2 Å². The van der Waals surface area contributed by atoms with E-state index in [0.717, 1.165) is 38.6 Å². The molecule has 3 aromatic rings. The first-order chi connectivity index (χ1) is 16.0. The second-order valence-electron chi connectivity index (χ2n) is 8.78. The van der Waals surface area contributed by atoms with Crippen molar-refractivity contribution < 1.29 is 18.7 Å². The standard InChI is InChI=1S/C27H32N2O4/c1-27(2,21-6-4-3-5-7-21)22-8-10-23(11-9-22)32-20-24-12-13-25(33-24)26(30)28-14-15-29-16-18-31-19-17-29/h3-13H,14-20H2,1-2H3,(H,28,30). The van der Waals surface area contributed by atoms with Crippen LogP contribution < -0.4 is 10.1 Å². The van der Waals surface area contributed by atoms with Crippen LogP contribution in [-0.4, -0.2) is 50.2 Å². The molecule has 1 fully saturated rings. The van der Waals surface area contributed by atoms with Crippen LogP contribution in [0, 0.1) is 0 Å². The predicted molar refractivity (Wildman–Crippen MR) is 128 cm³/mol. The molecule has 1 amide bonds. The molecule has 0 aliphatic carbocycles. The summed E-state index contributed by atoms with van der Waals surface area (Å²) < 4.78 is 16.9. The highest BCUT2D eigenvalue weighted by Crippen LogP contribution is 2.32. The molecule has 0 atom stereocenters. The van der Waals surface area contributed by atoms with Crippen molar-refractivity contribution in [2.24, 2.45) is 0 Å². The average molecular weight is 449 g/mol. The number of hydrogen-bond acceptors (Lipinski definition) is 5. The monoisotopic (exact) mass is 448 g/mol. The molecule has 1 aliphatic heterocycles. The van der Waals surface area contributed by atoms with Crippen LogP contribution in [0.2, 0.25) is 0 Å². The van der Waals surface area contributed by atoms with Crippen molar-refractivity contribution in [1.82, 2.24) is 10.2 Å². The van der Waals surface area contributed by atoms with E-state index in [2.05, 4.69) is 60.5 Å². The number of ether oxygens (including phenoxy) is 2. The van der Waals surface area contributed by atoms with E-state index < -0.39 is 0 Å². The van der Waals surface area contributed by atoms with Crippen molar-refractivity contribution in [2.45, 2.75) is 25.9 Å². The van der Waals surface area contributed by atoms with Gasteiger partial charge in [-0.1, -0.05) is 56.3 Å². The van der Waals surface area contributed by atoms with Crippen molar-refractivity contribution in [3.63, 3.8) is 0 Å². The fourth-order valence-corrected chi connectivity index (χ4v) is 3.96. The van der Waals surface area contributed by atoms with Gasteiger partial charge in [0.25, 0.3) is 5.91 Å². The fraction of sp³-hybridized carbons (Fsp3) is 0.370. The number of carbonyl (C=O) groups is 1. The molecule has 0 unspecified atom stereocenters. The van der Waals surface area contributed by atoms with E-state index in [9.17, 15) is 4.79 Å². The Labute approximate surface area is 195 Å². The van der Waals surface area contributed by atoms with Crippen LogP contribution in [0.25, 0.3) is 0 Å². The average Bonchev–Trinajstić information content (AvgIpc) is 3.33. The summed E-state index contributed by atoms with van der Waals surface area (Å²) in [5.74, 6) is 1.47. The molecular weight excluding hydrogens is 416 g/mol. The third kappa shape index (κ3) is 6.03. The van der Waals surface area contributed by atoms with Gasteiger partial charge in [-0.25, -0.2) is 0 Å². The van der Waals surface area contributed by atoms with E-state index in [1.54, 1.807) is 12.1 Å². The predicted octanol–water partition coefficient (Wildman–Crippen LogP) is 4.25. The number of carbonyl (C=O) groups excluding carboxylic acids is 1. The van der Waals surface area contributed by atoms with Gasteiger partial charge in [-0.3, -0.25) is 9.69 Å². The summed E-state index contributed by atoms with van der Waals surface area (Å²) in [6.45, 7) is 9.41. The summed E-state index contributed by atoms with van der Waals surface area (Å²) in [6, 6.07) is 22.1. The molecule has 2 aromatic carbocycles. The first-order valence-corrected chi connectivity index (χ1v) is 11.5. The lowest BCUT2D eigenvalue weighted by Gasteiger charge is -2.26. The largest absolute Gasteiger partial charge is 0.486 e. The van der Waals surface area contributed by atoms with E-state index in [1.165, 1.54) is 11.1 Å². The molecule has 1 aliphatic rings. The van der Waals surface area contributed by atoms with Crippen LogP contribution in [0.5, 0.6) is 5.75 Å². The zero-order valence-corrected chi connectivity index (χ0v) is 19.4. The maximum Gasteiger partial charge on any atom is 0.287 e. The molecule has 174 valence electrons. The Balaban J connectivity index is 1.26. The Hall–Kier alpha value is -3.09. The molecule has 0 saturated carbocycles. The summed E-state index contributed by atoms with van der Waals surface area (Å²) in [5, 5.41) is 2.91. The molecule has 0 spiro atoms. The van der Waals surface area contributed by atoms with Crippen molar-refractivity contribution in [2.75, 3.05) is 39.4 Å². The molecule has 6 nitrogen and oxygen atoms in total. The lowest BCUT2D eigenvalue weighted by Crippen LogP contribution is -2.41. The van der Waals surface area contributed by atoms with Gasteiger partial charge in [0.1, 0.15) is 18.1 Å². The Morgan fingerprint density at radius 2 is 1.67 bits per heavy atom. The summed E-state index contributed by atoms with van der Waals surface area (Å²) in [5.41, 5.74) is 2.39. The molecular formula is C27H32N2O4. The molecule has 4 rings (SSSR count). The van der Waals surface area contributed by atoms with Gasteiger partial charge in [0.2, 0.25) is 0 Å². The van der Waals surface area contributed by atoms with Gasteiger partial charge in [-0.2, -0.15) is 0 Å². The Morgan fingerprint density at radius 1 is 0.970 bits per heavy atom. The van der Waals surface area contributed by atoms with Crippen molar-refractivity contribution in [1.29, 1.82) is 0 Å². The molecule has 2 heterocycles. The number of benzene rings is 2. The fourth-order valence-electron chi connectivity index (χ4n) is 3.96. The van der Waals surface area contributed by atoms with Gasteiger partial charge in [0.15, 0.2) is 5.76 Å². The highest BCUT2D eigenvalue weighted by molar-refractivity contribution is 5.91. The molecule has 1 saturated heterocycles. The first kappa shape index (κ1) is 23.1.